The third-order valence-corrected chi connectivity index (χ3v) is 7.07. The molecule has 3 nitrogen and oxygen atoms in total. The maximum atomic E-state index is 6.15. The molecule has 0 aliphatic heterocycles. The molecule has 5 rings (SSSR count). The zero-order valence-corrected chi connectivity index (χ0v) is 19.1. The third kappa shape index (κ3) is 3.99. The fourth-order valence-corrected chi connectivity index (χ4v) is 5.25. The summed E-state index contributed by atoms with van der Waals surface area (Å²) in [5.74, 6) is 6.15. The lowest BCUT2D eigenvalue weighted by atomic mass is 9.80. The quantitative estimate of drug-likeness (QED) is 0.263. The molecule has 0 spiro atoms. The van der Waals surface area contributed by atoms with Crippen molar-refractivity contribution in [3.63, 3.8) is 0 Å². The standard InChI is InChI=1S/C30H31N3/c1-32-30(33-31,26-17-15-23(16-18-26)22-9-4-2-5-10-22)27-19-20-29-25(21-27)13-8-14-28(29)24-11-6-3-7-12-24/h2,4-5,9-11,14-21,33H,1,3,6-8,12-13,31H2. The molecule has 3 aromatic carbocycles. The van der Waals surface area contributed by atoms with Gasteiger partial charge in [0.15, 0.2) is 5.66 Å². The molecule has 1 unspecified atom stereocenters. The Morgan fingerprint density at radius 1 is 0.788 bits per heavy atom. The van der Waals surface area contributed by atoms with Gasteiger partial charge in [-0.2, -0.15) is 0 Å². The van der Waals surface area contributed by atoms with Crippen LogP contribution in [0.1, 0.15) is 54.4 Å². The lowest BCUT2D eigenvalue weighted by Gasteiger charge is -2.32. The second kappa shape index (κ2) is 9.30. The first-order valence-electron chi connectivity index (χ1n) is 11.9. The highest BCUT2D eigenvalue weighted by Crippen LogP contribution is 2.39. The van der Waals surface area contributed by atoms with E-state index in [4.69, 9.17) is 5.84 Å². The summed E-state index contributed by atoms with van der Waals surface area (Å²) in [6.07, 6.45) is 11.9. The Labute approximate surface area is 196 Å². The number of fused-ring (bicyclic) bond motifs is 1. The number of nitrogens with two attached hydrogens (primary N) is 1. The van der Waals surface area contributed by atoms with Gasteiger partial charge in [-0.25, -0.2) is 5.43 Å². The number of nitrogens with one attached hydrogen (secondary N) is 1. The van der Waals surface area contributed by atoms with Crippen LogP contribution in [0.3, 0.4) is 0 Å². The van der Waals surface area contributed by atoms with E-state index < -0.39 is 5.66 Å². The maximum Gasteiger partial charge on any atom is 0.173 e. The molecule has 0 saturated heterocycles. The van der Waals surface area contributed by atoms with E-state index in [1.165, 1.54) is 53.5 Å². The van der Waals surface area contributed by atoms with Gasteiger partial charge in [0.2, 0.25) is 0 Å². The fourth-order valence-electron chi connectivity index (χ4n) is 5.25. The molecule has 3 heteroatoms. The van der Waals surface area contributed by atoms with Crippen LogP contribution in [0.25, 0.3) is 16.7 Å². The second-order valence-corrected chi connectivity index (χ2v) is 8.96. The zero-order valence-electron chi connectivity index (χ0n) is 19.1. The number of nitrogens with zero attached hydrogens (tertiary/aromatic N) is 1. The summed E-state index contributed by atoms with van der Waals surface area (Å²) in [6, 6.07) is 25.5. The summed E-state index contributed by atoms with van der Waals surface area (Å²) in [7, 11) is 0. The van der Waals surface area contributed by atoms with Crippen molar-refractivity contribution in [3.8, 4) is 11.1 Å². The molecule has 166 valence electrons. The van der Waals surface area contributed by atoms with Gasteiger partial charge >= 0.3 is 0 Å². The number of hydrogen-bond donors (Lipinski definition) is 2. The monoisotopic (exact) mass is 433 g/mol. The highest BCUT2D eigenvalue weighted by molar-refractivity contribution is 5.82. The van der Waals surface area contributed by atoms with Crippen molar-refractivity contribution in [1.29, 1.82) is 0 Å². The lowest BCUT2D eigenvalue weighted by Crippen LogP contribution is -2.46. The van der Waals surface area contributed by atoms with E-state index in [1.54, 1.807) is 0 Å². The Morgan fingerprint density at radius 2 is 1.55 bits per heavy atom. The van der Waals surface area contributed by atoms with Gasteiger partial charge in [-0.1, -0.05) is 84.9 Å². The molecule has 2 aliphatic carbocycles. The molecule has 0 fully saturated rings. The number of hydrazine groups is 1. The van der Waals surface area contributed by atoms with Crippen LogP contribution in [-0.2, 0) is 12.1 Å². The number of aliphatic imine (C=N–C) groups is 1. The van der Waals surface area contributed by atoms with Crippen molar-refractivity contribution in [3.05, 3.63) is 113 Å². The fraction of sp³-hybridized carbons (Fsp3) is 0.233. The van der Waals surface area contributed by atoms with E-state index >= 15 is 0 Å². The van der Waals surface area contributed by atoms with Crippen LogP contribution in [-0.4, -0.2) is 6.72 Å². The molecule has 1 atom stereocenters. The summed E-state index contributed by atoms with van der Waals surface area (Å²) in [5.41, 5.74) is 12.1. The van der Waals surface area contributed by atoms with Crippen LogP contribution in [0.4, 0.5) is 0 Å². The van der Waals surface area contributed by atoms with Crippen LogP contribution < -0.4 is 11.3 Å². The van der Waals surface area contributed by atoms with Crippen molar-refractivity contribution in [2.75, 3.05) is 0 Å². The first-order valence-corrected chi connectivity index (χ1v) is 11.9. The summed E-state index contributed by atoms with van der Waals surface area (Å²) in [4.78, 5) is 4.53. The molecule has 2 aliphatic rings. The molecular weight excluding hydrogens is 402 g/mol. The molecule has 0 radical (unpaired) electrons. The van der Waals surface area contributed by atoms with Gasteiger partial charge < -0.3 is 0 Å². The summed E-state index contributed by atoms with van der Waals surface area (Å²) >= 11 is 0. The predicted octanol–water partition coefficient (Wildman–Crippen LogP) is 6.55. The van der Waals surface area contributed by atoms with E-state index in [1.807, 2.05) is 6.07 Å². The first kappa shape index (κ1) is 21.6. The number of rotatable bonds is 6. The molecule has 3 N–H and O–H groups in total. The van der Waals surface area contributed by atoms with Crippen molar-refractivity contribution in [1.82, 2.24) is 5.43 Å². The van der Waals surface area contributed by atoms with E-state index in [0.717, 1.165) is 29.5 Å². The van der Waals surface area contributed by atoms with E-state index in [9.17, 15) is 0 Å². The van der Waals surface area contributed by atoms with Gasteiger partial charge in [0.05, 0.1) is 0 Å². The molecule has 0 bridgehead atoms. The number of hydrogen-bond acceptors (Lipinski definition) is 3. The van der Waals surface area contributed by atoms with Gasteiger partial charge in [0, 0.05) is 5.56 Å². The van der Waals surface area contributed by atoms with Gasteiger partial charge in [-0.15, -0.1) is 0 Å². The van der Waals surface area contributed by atoms with Crippen LogP contribution in [0.2, 0.25) is 0 Å². The molecule has 0 heterocycles. The van der Waals surface area contributed by atoms with Crippen LogP contribution in [0.15, 0.2) is 95.5 Å². The molecular formula is C30H31N3. The molecule has 0 aromatic heterocycles. The molecule has 3 aromatic rings. The highest BCUT2D eigenvalue weighted by Gasteiger charge is 2.33. The van der Waals surface area contributed by atoms with Crippen molar-refractivity contribution in [2.24, 2.45) is 10.8 Å². The normalized spacial score (nSPS) is 17.4. The molecule has 0 amide bonds. The van der Waals surface area contributed by atoms with E-state index in [2.05, 4.69) is 96.0 Å². The number of aryl methyl sites for hydroxylation is 1. The minimum absolute atomic E-state index is 0.893. The zero-order chi connectivity index (χ0) is 22.7. The van der Waals surface area contributed by atoms with Crippen molar-refractivity contribution < 1.29 is 0 Å². The van der Waals surface area contributed by atoms with E-state index in [-0.39, 0.29) is 0 Å². The lowest BCUT2D eigenvalue weighted by molar-refractivity contribution is 0.433. The van der Waals surface area contributed by atoms with Crippen molar-refractivity contribution in [2.45, 2.75) is 44.2 Å². The minimum atomic E-state index is -0.893. The molecule has 0 saturated carbocycles. The Hall–Kier alpha value is -3.27. The average molecular weight is 434 g/mol. The Morgan fingerprint density at radius 3 is 2.24 bits per heavy atom. The summed E-state index contributed by atoms with van der Waals surface area (Å²) < 4.78 is 0. The topological polar surface area (TPSA) is 50.4 Å². The minimum Gasteiger partial charge on any atom is -0.269 e. The van der Waals surface area contributed by atoms with Crippen LogP contribution in [0, 0.1) is 0 Å². The number of allylic oxidation sites excluding steroid dienone is 4. The van der Waals surface area contributed by atoms with Gasteiger partial charge in [0.1, 0.15) is 0 Å². The average Bonchev–Trinajstić information content (AvgIpc) is 2.90. The first-order chi connectivity index (χ1) is 16.2. The Bertz CT molecular complexity index is 1210. The largest absolute Gasteiger partial charge is 0.269 e. The van der Waals surface area contributed by atoms with Gasteiger partial charge in [-0.3, -0.25) is 10.8 Å². The van der Waals surface area contributed by atoms with E-state index in [0.29, 0.717) is 0 Å². The van der Waals surface area contributed by atoms with Crippen LogP contribution >= 0.6 is 0 Å². The van der Waals surface area contributed by atoms with Crippen molar-refractivity contribution >= 4 is 12.3 Å². The highest BCUT2D eigenvalue weighted by atomic mass is 15.3. The van der Waals surface area contributed by atoms with Gasteiger partial charge in [0.25, 0.3) is 0 Å². The SMILES string of the molecule is C=NC(NN)(c1ccc(-c2ccccc2)cc1)c1ccc2c(c1)CCC=C2C1=CCCCC1. The second-order valence-electron chi connectivity index (χ2n) is 8.96. The Kier molecular flexibility index (Phi) is 6.08. The number of benzene rings is 3. The Balaban J connectivity index is 1.52. The summed E-state index contributed by atoms with van der Waals surface area (Å²) in [6.45, 7) is 3.92. The summed E-state index contributed by atoms with van der Waals surface area (Å²) in [5, 5.41) is 0. The maximum absolute atomic E-state index is 6.15. The molecule has 33 heavy (non-hydrogen) atoms. The third-order valence-electron chi connectivity index (χ3n) is 7.07. The van der Waals surface area contributed by atoms with Crippen LogP contribution in [0.5, 0.6) is 0 Å². The predicted molar refractivity (Wildman–Crippen MR) is 139 cm³/mol. The van der Waals surface area contributed by atoms with Gasteiger partial charge in [-0.05, 0) is 84.2 Å². The smallest absolute Gasteiger partial charge is 0.173 e.